The molecule has 1 fully saturated rings. The summed E-state index contributed by atoms with van der Waals surface area (Å²) < 4.78 is 27.9. The summed E-state index contributed by atoms with van der Waals surface area (Å²) in [5.74, 6) is -1.15. The van der Waals surface area contributed by atoms with Crippen molar-refractivity contribution in [3.63, 3.8) is 0 Å². The Labute approximate surface area is 117 Å². The third kappa shape index (κ3) is 3.38. The number of hydrogen-bond donors (Lipinski definition) is 3. The van der Waals surface area contributed by atoms with Crippen LogP contribution in [0.3, 0.4) is 0 Å². The van der Waals surface area contributed by atoms with E-state index in [1.54, 1.807) is 0 Å². The summed E-state index contributed by atoms with van der Waals surface area (Å²) in [5.41, 5.74) is -1.21. The number of aliphatic hydroxyl groups is 1. The molecule has 0 amide bonds. The van der Waals surface area contributed by atoms with Gasteiger partial charge in [-0.1, -0.05) is 0 Å². The summed E-state index contributed by atoms with van der Waals surface area (Å²) >= 11 is 0. The van der Waals surface area contributed by atoms with E-state index in [2.05, 4.69) is 4.72 Å². The van der Waals surface area contributed by atoms with Gasteiger partial charge in [0, 0.05) is 18.8 Å². The number of nitrogens with zero attached hydrogens (tertiary/aromatic N) is 1. The molecule has 8 heteroatoms. The van der Waals surface area contributed by atoms with Crippen molar-refractivity contribution in [2.24, 2.45) is 0 Å². The predicted octanol–water partition coefficient (Wildman–Crippen LogP) is 0.570. The standard InChI is InChI=1S/C12H18N2O5S/c1-12(2,17)7-13-20(18,19)9-5-10(11(15)16)14(6-9)8-3-4-8/h5-6,8,13,17H,3-4,7H2,1-2H3,(H,15,16). The van der Waals surface area contributed by atoms with Crippen molar-refractivity contribution in [3.8, 4) is 0 Å². The van der Waals surface area contributed by atoms with Gasteiger partial charge in [0.25, 0.3) is 0 Å². The van der Waals surface area contributed by atoms with Gasteiger partial charge in [0.2, 0.25) is 10.0 Å². The highest BCUT2D eigenvalue weighted by Gasteiger charge is 2.30. The fraction of sp³-hybridized carbons (Fsp3) is 0.583. The average molecular weight is 302 g/mol. The smallest absolute Gasteiger partial charge is 0.352 e. The first-order valence-electron chi connectivity index (χ1n) is 6.27. The van der Waals surface area contributed by atoms with Gasteiger partial charge in [0.1, 0.15) is 10.6 Å². The summed E-state index contributed by atoms with van der Waals surface area (Å²) in [4.78, 5) is 11.0. The monoisotopic (exact) mass is 302 g/mol. The normalized spacial score (nSPS) is 16.4. The molecule has 0 atom stereocenters. The number of hydrogen-bond acceptors (Lipinski definition) is 4. The van der Waals surface area contributed by atoms with E-state index in [0.29, 0.717) is 0 Å². The largest absolute Gasteiger partial charge is 0.477 e. The van der Waals surface area contributed by atoms with E-state index < -0.39 is 21.6 Å². The fourth-order valence-corrected chi connectivity index (χ4v) is 3.01. The van der Waals surface area contributed by atoms with Gasteiger partial charge >= 0.3 is 5.97 Å². The lowest BCUT2D eigenvalue weighted by Gasteiger charge is -2.17. The number of nitrogens with one attached hydrogen (secondary N) is 1. The van der Waals surface area contributed by atoms with E-state index in [0.717, 1.165) is 18.9 Å². The van der Waals surface area contributed by atoms with Crippen molar-refractivity contribution in [1.82, 2.24) is 9.29 Å². The van der Waals surface area contributed by atoms with Crippen LogP contribution >= 0.6 is 0 Å². The summed E-state index contributed by atoms with van der Waals surface area (Å²) in [7, 11) is -3.83. The number of aromatic nitrogens is 1. The highest BCUT2D eigenvalue weighted by atomic mass is 32.2. The van der Waals surface area contributed by atoms with Crippen LogP contribution in [0.5, 0.6) is 0 Å². The molecule has 1 aliphatic rings. The molecule has 112 valence electrons. The Hall–Kier alpha value is -1.38. The minimum atomic E-state index is -3.83. The lowest BCUT2D eigenvalue weighted by Crippen LogP contribution is -2.38. The molecule has 1 aromatic rings. The Kier molecular flexibility index (Phi) is 3.66. The van der Waals surface area contributed by atoms with Crippen LogP contribution in [0.2, 0.25) is 0 Å². The molecule has 0 spiro atoms. The number of carboxylic acid groups (broad SMARTS) is 1. The van der Waals surface area contributed by atoms with Crippen molar-refractivity contribution in [2.75, 3.05) is 6.54 Å². The van der Waals surface area contributed by atoms with Crippen LogP contribution in [0.4, 0.5) is 0 Å². The summed E-state index contributed by atoms with van der Waals surface area (Å²) in [6, 6.07) is 1.22. The average Bonchev–Trinajstić information content (AvgIpc) is 3.04. The van der Waals surface area contributed by atoms with Gasteiger partial charge < -0.3 is 14.8 Å². The summed E-state index contributed by atoms with van der Waals surface area (Å²) in [5, 5.41) is 18.7. The van der Waals surface area contributed by atoms with Crippen LogP contribution in [-0.2, 0) is 10.0 Å². The van der Waals surface area contributed by atoms with Crippen molar-refractivity contribution >= 4 is 16.0 Å². The Morgan fingerprint density at radius 1 is 1.50 bits per heavy atom. The molecule has 0 radical (unpaired) electrons. The highest BCUT2D eigenvalue weighted by Crippen LogP contribution is 2.37. The predicted molar refractivity (Wildman–Crippen MR) is 71.1 cm³/mol. The van der Waals surface area contributed by atoms with Gasteiger partial charge in [-0.05, 0) is 32.8 Å². The second-order valence-corrected chi connectivity index (χ2v) is 7.41. The summed E-state index contributed by atoms with van der Waals surface area (Å²) in [6.45, 7) is 2.81. The Bertz CT molecular complexity index is 623. The van der Waals surface area contributed by atoms with Crippen molar-refractivity contribution in [2.45, 2.75) is 43.2 Å². The van der Waals surface area contributed by atoms with E-state index in [4.69, 9.17) is 5.11 Å². The van der Waals surface area contributed by atoms with E-state index in [1.165, 1.54) is 24.6 Å². The van der Waals surface area contributed by atoms with E-state index >= 15 is 0 Å². The molecule has 0 aromatic carbocycles. The Morgan fingerprint density at radius 3 is 2.55 bits per heavy atom. The van der Waals surface area contributed by atoms with Crippen LogP contribution < -0.4 is 4.72 Å². The quantitative estimate of drug-likeness (QED) is 0.712. The zero-order valence-corrected chi connectivity index (χ0v) is 12.1. The minimum absolute atomic E-state index is 0.0314. The number of rotatable bonds is 6. The Morgan fingerprint density at radius 2 is 2.10 bits per heavy atom. The van der Waals surface area contributed by atoms with E-state index in [1.807, 2.05) is 0 Å². The maximum Gasteiger partial charge on any atom is 0.352 e. The van der Waals surface area contributed by atoms with Gasteiger partial charge in [-0.2, -0.15) is 0 Å². The topological polar surface area (TPSA) is 109 Å². The summed E-state index contributed by atoms with van der Waals surface area (Å²) in [6.07, 6.45) is 3.05. The van der Waals surface area contributed by atoms with Crippen LogP contribution in [0.25, 0.3) is 0 Å². The van der Waals surface area contributed by atoms with Crippen molar-refractivity contribution in [1.29, 1.82) is 0 Å². The molecule has 0 saturated heterocycles. The minimum Gasteiger partial charge on any atom is -0.477 e. The zero-order chi connectivity index (χ0) is 15.1. The zero-order valence-electron chi connectivity index (χ0n) is 11.3. The fourth-order valence-electron chi connectivity index (χ4n) is 1.78. The molecule has 7 nitrogen and oxygen atoms in total. The molecule has 1 saturated carbocycles. The second kappa shape index (κ2) is 4.87. The van der Waals surface area contributed by atoms with Crippen LogP contribution in [0.15, 0.2) is 17.2 Å². The number of carboxylic acids is 1. The molecule has 1 aliphatic carbocycles. The lowest BCUT2D eigenvalue weighted by atomic mass is 10.1. The number of carbonyl (C=O) groups is 1. The van der Waals surface area contributed by atoms with Gasteiger partial charge in [0.05, 0.1) is 5.60 Å². The van der Waals surface area contributed by atoms with E-state index in [-0.39, 0.29) is 23.2 Å². The van der Waals surface area contributed by atoms with Gasteiger partial charge in [0.15, 0.2) is 0 Å². The first-order valence-corrected chi connectivity index (χ1v) is 7.76. The maximum atomic E-state index is 12.1. The third-order valence-electron chi connectivity index (χ3n) is 2.99. The van der Waals surface area contributed by atoms with Crippen molar-refractivity contribution in [3.05, 3.63) is 18.0 Å². The molecular formula is C12H18N2O5S. The first kappa shape index (κ1) is 15.0. The highest BCUT2D eigenvalue weighted by molar-refractivity contribution is 7.89. The van der Waals surface area contributed by atoms with Crippen LogP contribution in [0, 0.1) is 0 Å². The van der Waals surface area contributed by atoms with Gasteiger partial charge in [-0.15, -0.1) is 0 Å². The molecule has 0 unspecified atom stereocenters. The molecule has 1 heterocycles. The van der Waals surface area contributed by atoms with Gasteiger partial charge in [-0.25, -0.2) is 17.9 Å². The number of aromatic carboxylic acids is 1. The first-order chi connectivity index (χ1) is 9.10. The van der Waals surface area contributed by atoms with Crippen LogP contribution in [-0.4, -0.2) is 41.3 Å². The van der Waals surface area contributed by atoms with Crippen LogP contribution in [0.1, 0.15) is 43.2 Å². The molecule has 20 heavy (non-hydrogen) atoms. The Balaban J connectivity index is 2.28. The molecule has 0 aliphatic heterocycles. The lowest BCUT2D eigenvalue weighted by molar-refractivity contribution is 0.0684. The molecule has 3 N–H and O–H groups in total. The third-order valence-corrected chi connectivity index (χ3v) is 4.36. The molecule has 2 rings (SSSR count). The maximum absolute atomic E-state index is 12.1. The molecule has 0 bridgehead atoms. The SMILES string of the molecule is CC(C)(O)CNS(=O)(=O)c1cc(C(=O)O)n(C2CC2)c1. The van der Waals surface area contributed by atoms with Gasteiger partial charge in [-0.3, -0.25) is 0 Å². The number of sulfonamides is 1. The van der Waals surface area contributed by atoms with E-state index in [9.17, 15) is 18.3 Å². The molecule has 1 aromatic heterocycles. The second-order valence-electron chi connectivity index (χ2n) is 5.64. The molecular weight excluding hydrogens is 284 g/mol. The van der Waals surface area contributed by atoms with Crippen molar-refractivity contribution < 1.29 is 23.4 Å².